The van der Waals surface area contributed by atoms with Gasteiger partial charge in [-0.15, -0.1) is 0 Å². The van der Waals surface area contributed by atoms with Crippen LogP contribution in [0.15, 0.2) is 67.0 Å². The number of para-hydroxylation sites is 1. The molecule has 4 rings (SSSR count). The zero-order valence-corrected chi connectivity index (χ0v) is 23.6. The summed E-state index contributed by atoms with van der Waals surface area (Å²) in [6, 6.07) is 12.9. The van der Waals surface area contributed by atoms with Crippen LogP contribution in [-0.4, -0.2) is 66.7 Å². The number of ether oxygens (including phenoxy) is 2. The number of benzene rings is 2. The third kappa shape index (κ3) is 7.23. The molecule has 0 aliphatic heterocycles. The molecule has 0 aliphatic carbocycles. The Morgan fingerprint density at radius 2 is 1.88 bits per heavy atom. The minimum atomic E-state index is -1.19. The Morgan fingerprint density at radius 1 is 1.14 bits per heavy atom. The molecular formula is C29H33FN6O6. The number of rotatable bonds is 10. The lowest BCUT2D eigenvalue weighted by Crippen LogP contribution is -2.54. The largest absolute Gasteiger partial charge is 0.491 e. The molecule has 0 saturated heterocycles. The Hall–Kier alpha value is -4.91. The van der Waals surface area contributed by atoms with Crippen LogP contribution in [0.1, 0.15) is 39.3 Å². The van der Waals surface area contributed by atoms with Crippen molar-refractivity contribution in [3.05, 3.63) is 78.4 Å². The summed E-state index contributed by atoms with van der Waals surface area (Å²) >= 11 is 0. The number of hydrogen-bond acceptors (Lipinski definition) is 8. The molecule has 0 radical (unpaired) electrons. The van der Waals surface area contributed by atoms with Crippen LogP contribution in [0.3, 0.4) is 0 Å². The number of nitrogens with one attached hydrogen (secondary N) is 2. The zero-order chi connectivity index (χ0) is 30.4. The van der Waals surface area contributed by atoms with Crippen molar-refractivity contribution in [2.24, 2.45) is 0 Å². The molecule has 0 aliphatic rings. The van der Waals surface area contributed by atoms with Crippen LogP contribution in [0.2, 0.25) is 0 Å². The summed E-state index contributed by atoms with van der Waals surface area (Å²) in [6.07, 6.45) is 1.19. The summed E-state index contributed by atoms with van der Waals surface area (Å²) in [5.41, 5.74) is 0.324. The van der Waals surface area contributed by atoms with Crippen molar-refractivity contribution in [3.63, 3.8) is 0 Å². The number of nitrogens with zero attached hydrogens (tertiary/aromatic N) is 4. The second-order valence-electron chi connectivity index (χ2n) is 10.5. The van der Waals surface area contributed by atoms with Crippen LogP contribution in [-0.2, 0) is 0 Å². The maximum absolute atomic E-state index is 14.3. The lowest BCUT2D eigenvalue weighted by Gasteiger charge is -2.38. The van der Waals surface area contributed by atoms with Crippen molar-refractivity contribution in [2.75, 3.05) is 23.8 Å². The molecule has 0 bridgehead atoms. The molecule has 4 aromatic rings. The standard InChI is InChI=1S/C29H33FN6O6/c1-18(22-14-19(30)10-11-24(22)41-17-20(16-37)36(28(39)40)29(2,3)4)32-25-12-13-35-26(34-25)23(15-31-35)33-27(38)42-21-8-6-5-7-9-21/h5-15,18,20,37H,16-17H2,1-4H3,(H,32,34)(H,33,38)(H,39,40)/t18-,20?/m1/s1. The number of anilines is 2. The van der Waals surface area contributed by atoms with E-state index in [0.717, 1.165) is 4.90 Å². The van der Waals surface area contributed by atoms with Crippen LogP contribution in [0.5, 0.6) is 11.5 Å². The van der Waals surface area contributed by atoms with E-state index in [4.69, 9.17) is 9.47 Å². The topological polar surface area (TPSA) is 151 Å². The van der Waals surface area contributed by atoms with Crippen molar-refractivity contribution in [3.8, 4) is 11.5 Å². The number of carbonyl (C=O) groups excluding carboxylic acids is 1. The number of aromatic nitrogens is 3. The second kappa shape index (κ2) is 12.7. The molecule has 0 saturated carbocycles. The highest BCUT2D eigenvalue weighted by Gasteiger charge is 2.33. The van der Waals surface area contributed by atoms with Crippen LogP contribution in [0, 0.1) is 5.82 Å². The van der Waals surface area contributed by atoms with E-state index in [-0.39, 0.29) is 6.61 Å². The quantitative estimate of drug-likeness (QED) is 0.199. The Morgan fingerprint density at radius 3 is 2.55 bits per heavy atom. The third-order valence-electron chi connectivity index (χ3n) is 6.30. The Balaban J connectivity index is 1.50. The molecule has 2 amide bonds. The Bertz CT molecular complexity index is 1540. The third-order valence-corrected chi connectivity index (χ3v) is 6.30. The van der Waals surface area contributed by atoms with E-state index < -0.39 is 42.2 Å². The minimum Gasteiger partial charge on any atom is -0.491 e. The van der Waals surface area contributed by atoms with Crippen molar-refractivity contribution >= 4 is 29.3 Å². The molecule has 2 aromatic carbocycles. The Kier molecular flexibility index (Phi) is 9.11. The number of halogens is 1. The van der Waals surface area contributed by atoms with Gasteiger partial charge in [-0.3, -0.25) is 10.2 Å². The molecule has 2 atom stereocenters. The van der Waals surface area contributed by atoms with Gasteiger partial charge in [0.25, 0.3) is 0 Å². The van der Waals surface area contributed by atoms with E-state index in [9.17, 15) is 24.2 Å². The summed E-state index contributed by atoms with van der Waals surface area (Å²) in [5, 5.41) is 29.6. The number of hydrogen-bond donors (Lipinski definition) is 4. The highest BCUT2D eigenvalue weighted by molar-refractivity contribution is 5.90. The van der Waals surface area contributed by atoms with Gasteiger partial charge < -0.3 is 25.0 Å². The Labute approximate surface area is 241 Å². The number of carbonyl (C=O) groups is 2. The van der Waals surface area contributed by atoms with Crippen molar-refractivity contribution < 1.29 is 33.7 Å². The first-order valence-electron chi connectivity index (χ1n) is 13.2. The van der Waals surface area contributed by atoms with Gasteiger partial charge in [-0.25, -0.2) is 23.5 Å². The number of aliphatic hydroxyl groups excluding tert-OH is 1. The lowest BCUT2D eigenvalue weighted by molar-refractivity contribution is 0.0265. The molecule has 12 nitrogen and oxygen atoms in total. The van der Waals surface area contributed by atoms with Gasteiger partial charge in [0.2, 0.25) is 0 Å². The van der Waals surface area contributed by atoms with Crippen LogP contribution in [0.4, 0.5) is 25.5 Å². The van der Waals surface area contributed by atoms with Gasteiger partial charge in [-0.2, -0.15) is 5.10 Å². The van der Waals surface area contributed by atoms with Crippen molar-refractivity contribution in [1.82, 2.24) is 19.5 Å². The van der Waals surface area contributed by atoms with E-state index in [0.29, 0.717) is 34.2 Å². The van der Waals surface area contributed by atoms with Gasteiger partial charge in [0.15, 0.2) is 5.65 Å². The molecular weight excluding hydrogens is 547 g/mol. The minimum absolute atomic E-state index is 0.153. The summed E-state index contributed by atoms with van der Waals surface area (Å²) in [6.45, 7) is 6.32. The molecule has 2 heterocycles. The van der Waals surface area contributed by atoms with Gasteiger partial charge in [0.1, 0.15) is 35.4 Å². The molecule has 42 heavy (non-hydrogen) atoms. The smallest absolute Gasteiger partial charge is 0.417 e. The van der Waals surface area contributed by atoms with E-state index in [1.165, 1.54) is 28.9 Å². The molecule has 1 unspecified atom stereocenters. The number of carboxylic acid groups (broad SMARTS) is 1. The first kappa shape index (κ1) is 30.1. The van der Waals surface area contributed by atoms with E-state index in [1.807, 2.05) is 0 Å². The van der Waals surface area contributed by atoms with Gasteiger partial charge >= 0.3 is 12.2 Å². The first-order chi connectivity index (χ1) is 20.0. The molecule has 4 N–H and O–H groups in total. The van der Waals surface area contributed by atoms with Gasteiger partial charge in [-0.1, -0.05) is 18.2 Å². The average Bonchev–Trinajstić information content (AvgIpc) is 3.32. The second-order valence-corrected chi connectivity index (χ2v) is 10.5. The highest BCUT2D eigenvalue weighted by Crippen LogP contribution is 2.30. The summed E-state index contributed by atoms with van der Waals surface area (Å²) in [5.74, 6) is 0.603. The monoisotopic (exact) mass is 580 g/mol. The number of aliphatic hydroxyl groups is 1. The average molecular weight is 581 g/mol. The molecule has 222 valence electrons. The molecule has 0 fully saturated rings. The van der Waals surface area contributed by atoms with Crippen LogP contribution < -0.4 is 20.1 Å². The molecule has 13 heteroatoms. The number of amides is 2. The molecule has 2 aromatic heterocycles. The van der Waals surface area contributed by atoms with Gasteiger partial charge in [0, 0.05) is 17.3 Å². The maximum atomic E-state index is 14.3. The summed E-state index contributed by atoms with van der Waals surface area (Å²) in [4.78, 5) is 29.9. The van der Waals surface area contributed by atoms with Gasteiger partial charge in [0.05, 0.1) is 24.9 Å². The van der Waals surface area contributed by atoms with Gasteiger partial charge in [-0.05, 0) is 64.1 Å². The van der Waals surface area contributed by atoms with Crippen molar-refractivity contribution in [2.45, 2.75) is 45.3 Å². The zero-order valence-electron chi connectivity index (χ0n) is 23.6. The predicted octanol–water partition coefficient (Wildman–Crippen LogP) is 5.17. The van der Waals surface area contributed by atoms with Crippen LogP contribution >= 0.6 is 0 Å². The highest BCUT2D eigenvalue weighted by atomic mass is 19.1. The summed E-state index contributed by atoms with van der Waals surface area (Å²) in [7, 11) is 0. The van der Waals surface area contributed by atoms with Crippen molar-refractivity contribution in [1.29, 1.82) is 0 Å². The molecule has 0 spiro atoms. The first-order valence-corrected chi connectivity index (χ1v) is 13.2. The lowest BCUT2D eigenvalue weighted by atomic mass is 10.0. The summed E-state index contributed by atoms with van der Waals surface area (Å²) < 4.78 is 27.0. The normalized spacial score (nSPS) is 12.8. The fraction of sp³-hybridized carbons (Fsp3) is 0.310. The SMILES string of the molecule is C[C@@H](Nc1ccn2ncc(NC(=O)Oc3ccccc3)c2n1)c1cc(F)ccc1OCC(CO)N(C(=O)O)C(C)(C)C. The fourth-order valence-electron chi connectivity index (χ4n) is 4.44. The van der Waals surface area contributed by atoms with E-state index in [2.05, 4.69) is 20.7 Å². The fourth-order valence-corrected chi connectivity index (χ4v) is 4.44. The van der Waals surface area contributed by atoms with Crippen LogP contribution in [0.25, 0.3) is 5.65 Å². The van der Waals surface area contributed by atoms with E-state index >= 15 is 0 Å². The maximum Gasteiger partial charge on any atom is 0.417 e. The predicted molar refractivity (Wildman–Crippen MR) is 153 cm³/mol. The van der Waals surface area contributed by atoms with E-state index in [1.54, 1.807) is 70.3 Å². The number of fused-ring (bicyclic) bond motifs is 1.